The molecule has 140 valence electrons. The molecule has 27 heavy (non-hydrogen) atoms. The summed E-state index contributed by atoms with van der Waals surface area (Å²) in [6, 6.07) is 13.3. The van der Waals surface area contributed by atoms with Gasteiger partial charge in [-0.25, -0.2) is 13.8 Å². The number of carbonyl (C=O) groups excluding carboxylic acids is 1. The Labute approximate surface area is 156 Å². The van der Waals surface area contributed by atoms with Crippen molar-refractivity contribution in [3.8, 4) is 11.3 Å². The van der Waals surface area contributed by atoms with Crippen molar-refractivity contribution in [3.05, 3.63) is 77.8 Å². The molecule has 1 aromatic heterocycles. The number of nitrogens with one attached hydrogen (secondary N) is 1. The Balaban J connectivity index is 1.42. The van der Waals surface area contributed by atoms with Crippen molar-refractivity contribution in [2.45, 2.75) is 25.7 Å². The topological polar surface area (TPSA) is 55.1 Å². The zero-order valence-corrected chi connectivity index (χ0v) is 14.8. The lowest BCUT2D eigenvalue weighted by atomic mass is 10.1. The third-order valence-electron chi connectivity index (χ3n) is 4.12. The third kappa shape index (κ3) is 5.48. The van der Waals surface area contributed by atoms with Crippen LogP contribution < -0.4 is 5.32 Å². The maximum atomic E-state index is 13.8. The maximum absolute atomic E-state index is 13.8. The van der Waals surface area contributed by atoms with E-state index in [2.05, 4.69) is 22.4 Å². The molecule has 1 N–H and O–H groups in total. The molecule has 0 saturated heterocycles. The van der Waals surface area contributed by atoms with Crippen molar-refractivity contribution in [1.82, 2.24) is 10.3 Å². The number of halogens is 2. The highest BCUT2D eigenvalue weighted by atomic mass is 19.1. The number of rotatable bonds is 8. The van der Waals surface area contributed by atoms with Gasteiger partial charge in [-0.05, 0) is 30.5 Å². The number of aryl methyl sites for hydroxylation is 2. The summed E-state index contributed by atoms with van der Waals surface area (Å²) in [4.78, 5) is 16.0. The fourth-order valence-electron chi connectivity index (χ4n) is 2.71. The van der Waals surface area contributed by atoms with Gasteiger partial charge in [-0.2, -0.15) is 0 Å². The summed E-state index contributed by atoms with van der Waals surface area (Å²) in [5, 5.41) is 2.87. The second kappa shape index (κ2) is 9.07. The number of oxazole rings is 1. The maximum Gasteiger partial charge on any atom is 0.220 e. The van der Waals surface area contributed by atoms with Crippen molar-refractivity contribution in [1.29, 1.82) is 0 Å². The first-order valence-electron chi connectivity index (χ1n) is 8.82. The van der Waals surface area contributed by atoms with Crippen molar-refractivity contribution in [3.63, 3.8) is 0 Å². The van der Waals surface area contributed by atoms with Gasteiger partial charge in [-0.3, -0.25) is 4.79 Å². The predicted molar refractivity (Wildman–Crippen MR) is 97.9 cm³/mol. The summed E-state index contributed by atoms with van der Waals surface area (Å²) in [6.45, 7) is 0.603. The van der Waals surface area contributed by atoms with Gasteiger partial charge in [0.15, 0.2) is 11.7 Å². The number of hydrogen-bond acceptors (Lipinski definition) is 3. The normalized spacial score (nSPS) is 10.7. The lowest BCUT2D eigenvalue weighted by Gasteiger charge is -2.04. The largest absolute Gasteiger partial charge is 0.441 e. The molecular weight excluding hydrogens is 350 g/mol. The number of amides is 1. The van der Waals surface area contributed by atoms with E-state index in [0.29, 0.717) is 18.9 Å². The highest BCUT2D eigenvalue weighted by molar-refractivity contribution is 5.76. The first-order chi connectivity index (χ1) is 13.1. The van der Waals surface area contributed by atoms with Gasteiger partial charge in [0.2, 0.25) is 5.91 Å². The van der Waals surface area contributed by atoms with E-state index < -0.39 is 11.6 Å². The Morgan fingerprint density at radius 3 is 2.67 bits per heavy atom. The van der Waals surface area contributed by atoms with E-state index in [0.717, 1.165) is 25.0 Å². The molecule has 2 aromatic carbocycles. The molecule has 0 unspecified atom stereocenters. The fraction of sp³-hybridized carbons (Fsp3) is 0.238. The summed E-state index contributed by atoms with van der Waals surface area (Å²) in [5.41, 5.74) is 1.38. The van der Waals surface area contributed by atoms with Gasteiger partial charge in [-0.15, -0.1) is 0 Å². The van der Waals surface area contributed by atoms with Crippen LogP contribution in [0.25, 0.3) is 11.3 Å². The molecule has 3 aromatic rings. The standard InChI is InChI=1S/C21H20F2N2O2/c22-16-8-9-17(18(23)13-16)19-14-25-21(27-19)11-10-20(26)24-12-4-7-15-5-2-1-3-6-15/h1-3,5-6,8-9,13-14H,4,7,10-12H2,(H,24,26). The van der Waals surface area contributed by atoms with Crippen LogP contribution in [0.2, 0.25) is 0 Å². The fourth-order valence-corrected chi connectivity index (χ4v) is 2.71. The summed E-state index contributed by atoms with van der Waals surface area (Å²) < 4.78 is 32.2. The number of carbonyl (C=O) groups is 1. The predicted octanol–water partition coefficient (Wildman–Crippen LogP) is 4.30. The van der Waals surface area contributed by atoms with Gasteiger partial charge >= 0.3 is 0 Å². The van der Waals surface area contributed by atoms with E-state index in [-0.39, 0.29) is 23.7 Å². The number of nitrogens with zero attached hydrogens (tertiary/aromatic N) is 1. The highest BCUT2D eigenvalue weighted by Crippen LogP contribution is 2.24. The Morgan fingerprint density at radius 2 is 1.89 bits per heavy atom. The molecule has 0 aliphatic rings. The average Bonchev–Trinajstić information content (AvgIpc) is 3.13. The Morgan fingerprint density at radius 1 is 1.07 bits per heavy atom. The molecule has 6 heteroatoms. The summed E-state index contributed by atoms with van der Waals surface area (Å²) in [6.07, 6.45) is 3.70. The van der Waals surface area contributed by atoms with E-state index >= 15 is 0 Å². The van der Waals surface area contributed by atoms with E-state index in [1.807, 2.05) is 18.2 Å². The first-order valence-corrected chi connectivity index (χ1v) is 8.82. The third-order valence-corrected chi connectivity index (χ3v) is 4.12. The first kappa shape index (κ1) is 18.8. The molecule has 0 saturated carbocycles. The molecule has 0 spiro atoms. The van der Waals surface area contributed by atoms with Crippen molar-refractivity contribution in [2.24, 2.45) is 0 Å². The van der Waals surface area contributed by atoms with Gasteiger partial charge < -0.3 is 9.73 Å². The summed E-state index contributed by atoms with van der Waals surface area (Å²) in [5.74, 6) is -0.900. The molecule has 0 bridgehead atoms. The van der Waals surface area contributed by atoms with Gasteiger partial charge in [0, 0.05) is 25.5 Å². The van der Waals surface area contributed by atoms with Crippen molar-refractivity contribution >= 4 is 5.91 Å². The van der Waals surface area contributed by atoms with E-state index in [1.165, 1.54) is 17.8 Å². The Bertz CT molecular complexity index is 894. The second-order valence-corrected chi connectivity index (χ2v) is 6.18. The van der Waals surface area contributed by atoms with E-state index in [4.69, 9.17) is 4.42 Å². The van der Waals surface area contributed by atoms with E-state index in [9.17, 15) is 13.6 Å². The summed E-state index contributed by atoms with van der Waals surface area (Å²) >= 11 is 0. The lowest BCUT2D eigenvalue weighted by molar-refractivity contribution is -0.121. The number of benzene rings is 2. The smallest absolute Gasteiger partial charge is 0.220 e. The van der Waals surface area contributed by atoms with Crippen LogP contribution in [0.3, 0.4) is 0 Å². The molecule has 0 fully saturated rings. The number of aromatic nitrogens is 1. The van der Waals surface area contributed by atoms with Crippen LogP contribution in [0.15, 0.2) is 59.1 Å². The van der Waals surface area contributed by atoms with Crippen LogP contribution in [0.5, 0.6) is 0 Å². The van der Waals surface area contributed by atoms with Crippen molar-refractivity contribution < 1.29 is 18.0 Å². The summed E-state index contributed by atoms with van der Waals surface area (Å²) in [7, 11) is 0. The van der Waals surface area contributed by atoms with Gasteiger partial charge in [0.1, 0.15) is 11.6 Å². The van der Waals surface area contributed by atoms with Crippen LogP contribution >= 0.6 is 0 Å². The minimum atomic E-state index is -0.714. The molecule has 0 aliphatic heterocycles. The van der Waals surface area contributed by atoms with Crippen LogP contribution in [0.4, 0.5) is 8.78 Å². The highest BCUT2D eigenvalue weighted by Gasteiger charge is 2.12. The van der Waals surface area contributed by atoms with Gasteiger partial charge in [-0.1, -0.05) is 30.3 Å². The Hall–Kier alpha value is -3.02. The van der Waals surface area contributed by atoms with Crippen LogP contribution in [-0.2, 0) is 17.6 Å². The number of hydrogen-bond donors (Lipinski definition) is 1. The molecule has 0 radical (unpaired) electrons. The molecule has 4 nitrogen and oxygen atoms in total. The van der Waals surface area contributed by atoms with Crippen LogP contribution in [0.1, 0.15) is 24.3 Å². The molecule has 3 rings (SSSR count). The minimum Gasteiger partial charge on any atom is -0.441 e. The molecule has 1 amide bonds. The van der Waals surface area contributed by atoms with Crippen LogP contribution in [0, 0.1) is 11.6 Å². The zero-order valence-electron chi connectivity index (χ0n) is 14.8. The average molecular weight is 370 g/mol. The van der Waals surface area contributed by atoms with E-state index in [1.54, 1.807) is 0 Å². The second-order valence-electron chi connectivity index (χ2n) is 6.18. The molecule has 0 atom stereocenters. The Kier molecular flexibility index (Phi) is 6.30. The van der Waals surface area contributed by atoms with Crippen molar-refractivity contribution in [2.75, 3.05) is 6.54 Å². The van der Waals surface area contributed by atoms with Gasteiger partial charge in [0.25, 0.3) is 0 Å². The molecule has 0 aliphatic carbocycles. The van der Waals surface area contributed by atoms with Gasteiger partial charge in [0.05, 0.1) is 11.8 Å². The molecular formula is C21H20F2N2O2. The lowest BCUT2D eigenvalue weighted by Crippen LogP contribution is -2.25. The minimum absolute atomic E-state index is 0.0872. The monoisotopic (exact) mass is 370 g/mol. The quantitative estimate of drug-likeness (QED) is 0.602. The van der Waals surface area contributed by atoms with Crippen LogP contribution in [-0.4, -0.2) is 17.4 Å². The SMILES string of the molecule is O=C(CCc1ncc(-c2ccc(F)cc2F)o1)NCCCc1ccccc1. The zero-order chi connectivity index (χ0) is 19.1. The molecule has 1 heterocycles.